The van der Waals surface area contributed by atoms with Crippen molar-refractivity contribution in [1.29, 1.82) is 0 Å². The van der Waals surface area contributed by atoms with Gasteiger partial charge in [0.25, 0.3) is 0 Å². The van der Waals surface area contributed by atoms with Crippen LogP contribution in [-0.4, -0.2) is 26.1 Å². The smallest absolute Gasteiger partial charge is 0.227 e. The Kier molecular flexibility index (Phi) is 5.95. The lowest BCUT2D eigenvalue weighted by Gasteiger charge is -2.18. The predicted molar refractivity (Wildman–Crippen MR) is 73.1 cm³/mol. The van der Waals surface area contributed by atoms with Crippen LogP contribution in [0.1, 0.15) is 24.8 Å². The third-order valence-corrected chi connectivity index (χ3v) is 2.93. The highest BCUT2D eigenvalue weighted by molar-refractivity contribution is 6.30. The standard InChI is InChI=1S/C13H19ClN2O2/c1-3-16-13(17)10(6-7-15)11-8-9(14)4-5-12(11)18-2/h4-5,8,10H,3,6-7,15H2,1-2H3,(H,16,17). The Morgan fingerprint density at radius 1 is 1.56 bits per heavy atom. The van der Waals surface area contributed by atoms with Crippen molar-refractivity contribution in [3.05, 3.63) is 28.8 Å². The van der Waals surface area contributed by atoms with Crippen LogP contribution in [0.5, 0.6) is 5.75 Å². The fraction of sp³-hybridized carbons (Fsp3) is 0.462. The lowest BCUT2D eigenvalue weighted by molar-refractivity contribution is -0.122. The first-order valence-electron chi connectivity index (χ1n) is 5.95. The average molecular weight is 271 g/mol. The van der Waals surface area contributed by atoms with Crippen LogP contribution in [0.15, 0.2) is 18.2 Å². The van der Waals surface area contributed by atoms with Gasteiger partial charge in [-0.3, -0.25) is 4.79 Å². The van der Waals surface area contributed by atoms with Gasteiger partial charge in [0.1, 0.15) is 5.75 Å². The van der Waals surface area contributed by atoms with Crippen LogP contribution in [0, 0.1) is 0 Å². The van der Waals surface area contributed by atoms with Gasteiger partial charge in [0.2, 0.25) is 5.91 Å². The number of benzene rings is 1. The maximum Gasteiger partial charge on any atom is 0.227 e. The summed E-state index contributed by atoms with van der Waals surface area (Å²) in [4.78, 5) is 12.0. The molecule has 0 saturated heterocycles. The highest BCUT2D eigenvalue weighted by atomic mass is 35.5. The van der Waals surface area contributed by atoms with Gasteiger partial charge in [0.15, 0.2) is 0 Å². The molecule has 1 rings (SSSR count). The molecule has 1 aromatic carbocycles. The molecule has 0 aliphatic carbocycles. The maximum absolute atomic E-state index is 12.0. The van der Waals surface area contributed by atoms with E-state index < -0.39 is 0 Å². The van der Waals surface area contributed by atoms with Crippen molar-refractivity contribution in [3.63, 3.8) is 0 Å². The van der Waals surface area contributed by atoms with Gasteiger partial charge in [0.05, 0.1) is 13.0 Å². The topological polar surface area (TPSA) is 64.4 Å². The van der Waals surface area contributed by atoms with Gasteiger partial charge in [-0.15, -0.1) is 0 Å². The summed E-state index contributed by atoms with van der Waals surface area (Å²) in [6, 6.07) is 5.26. The van der Waals surface area contributed by atoms with Gasteiger partial charge in [0, 0.05) is 17.1 Å². The number of likely N-dealkylation sites (N-methyl/N-ethyl adjacent to an activating group) is 1. The summed E-state index contributed by atoms with van der Waals surface area (Å²) >= 11 is 5.98. The summed E-state index contributed by atoms with van der Waals surface area (Å²) in [7, 11) is 1.57. The minimum absolute atomic E-state index is 0.0523. The van der Waals surface area contributed by atoms with Gasteiger partial charge in [-0.2, -0.15) is 0 Å². The van der Waals surface area contributed by atoms with Crippen LogP contribution >= 0.6 is 11.6 Å². The van der Waals surface area contributed by atoms with E-state index in [1.807, 2.05) is 6.92 Å². The number of hydrogen-bond acceptors (Lipinski definition) is 3. The molecule has 0 aliphatic heterocycles. The zero-order valence-corrected chi connectivity index (χ0v) is 11.5. The number of carbonyl (C=O) groups excluding carboxylic acids is 1. The summed E-state index contributed by atoms with van der Waals surface area (Å²) in [5.41, 5.74) is 6.36. The third kappa shape index (κ3) is 3.62. The Labute approximate surface area is 112 Å². The molecule has 1 atom stereocenters. The fourth-order valence-corrected chi connectivity index (χ4v) is 2.05. The second-order valence-electron chi connectivity index (χ2n) is 3.91. The minimum atomic E-state index is -0.330. The molecule has 18 heavy (non-hydrogen) atoms. The van der Waals surface area contributed by atoms with Gasteiger partial charge in [-0.05, 0) is 38.1 Å². The molecule has 3 N–H and O–H groups in total. The lowest BCUT2D eigenvalue weighted by Crippen LogP contribution is -2.30. The summed E-state index contributed by atoms with van der Waals surface area (Å²) in [5.74, 6) is 0.274. The summed E-state index contributed by atoms with van der Waals surface area (Å²) in [6.45, 7) is 2.90. The van der Waals surface area contributed by atoms with E-state index in [4.69, 9.17) is 22.1 Å². The second-order valence-corrected chi connectivity index (χ2v) is 4.35. The van der Waals surface area contributed by atoms with Crippen molar-refractivity contribution >= 4 is 17.5 Å². The number of halogens is 1. The van der Waals surface area contributed by atoms with Crippen molar-refractivity contribution in [1.82, 2.24) is 5.32 Å². The Hall–Kier alpha value is -1.26. The first-order valence-corrected chi connectivity index (χ1v) is 6.33. The van der Waals surface area contributed by atoms with E-state index in [2.05, 4.69) is 5.32 Å². The molecular weight excluding hydrogens is 252 g/mol. The van der Waals surface area contributed by atoms with Gasteiger partial charge in [-0.1, -0.05) is 11.6 Å². The molecule has 100 valence electrons. The number of nitrogens with one attached hydrogen (secondary N) is 1. The van der Waals surface area contributed by atoms with Crippen LogP contribution < -0.4 is 15.8 Å². The van der Waals surface area contributed by atoms with E-state index in [9.17, 15) is 4.79 Å². The molecule has 0 radical (unpaired) electrons. The van der Waals surface area contributed by atoms with Crippen LogP contribution in [0.25, 0.3) is 0 Å². The zero-order valence-electron chi connectivity index (χ0n) is 10.7. The second kappa shape index (κ2) is 7.24. The molecule has 0 fully saturated rings. The molecule has 0 aromatic heterocycles. The largest absolute Gasteiger partial charge is 0.496 e. The molecule has 1 unspecified atom stereocenters. The van der Waals surface area contributed by atoms with Crippen molar-refractivity contribution in [3.8, 4) is 5.75 Å². The normalized spacial score (nSPS) is 12.0. The Morgan fingerprint density at radius 2 is 2.28 bits per heavy atom. The predicted octanol–water partition coefficient (Wildman–Crippen LogP) is 1.92. The molecule has 1 aromatic rings. The van der Waals surface area contributed by atoms with E-state index in [1.165, 1.54) is 0 Å². The summed E-state index contributed by atoms with van der Waals surface area (Å²) in [5, 5.41) is 3.39. The van der Waals surface area contributed by atoms with E-state index in [0.717, 1.165) is 5.56 Å². The first kappa shape index (κ1) is 14.8. The molecule has 4 nitrogen and oxygen atoms in total. The van der Waals surface area contributed by atoms with Crippen LogP contribution in [-0.2, 0) is 4.79 Å². The van der Waals surface area contributed by atoms with E-state index in [-0.39, 0.29) is 11.8 Å². The molecule has 0 spiro atoms. The van der Waals surface area contributed by atoms with Crippen molar-refractivity contribution in [2.24, 2.45) is 5.73 Å². The van der Waals surface area contributed by atoms with E-state index in [0.29, 0.717) is 30.3 Å². The molecule has 0 aliphatic rings. The van der Waals surface area contributed by atoms with Gasteiger partial charge in [-0.25, -0.2) is 0 Å². The number of methoxy groups -OCH3 is 1. The molecule has 0 heterocycles. The molecular formula is C13H19ClN2O2. The molecule has 0 saturated carbocycles. The number of amides is 1. The highest BCUT2D eigenvalue weighted by Gasteiger charge is 2.23. The number of carbonyl (C=O) groups is 1. The van der Waals surface area contributed by atoms with Crippen LogP contribution in [0.2, 0.25) is 5.02 Å². The van der Waals surface area contributed by atoms with Crippen molar-refractivity contribution in [2.75, 3.05) is 20.2 Å². The Balaban J connectivity index is 3.11. The fourth-order valence-electron chi connectivity index (χ4n) is 1.87. The lowest BCUT2D eigenvalue weighted by atomic mass is 9.94. The summed E-state index contributed by atoms with van der Waals surface area (Å²) < 4.78 is 5.28. The highest BCUT2D eigenvalue weighted by Crippen LogP contribution is 2.31. The number of rotatable bonds is 6. The molecule has 1 amide bonds. The summed E-state index contributed by atoms with van der Waals surface area (Å²) in [6.07, 6.45) is 0.558. The van der Waals surface area contributed by atoms with Crippen molar-refractivity contribution in [2.45, 2.75) is 19.3 Å². The van der Waals surface area contributed by atoms with Crippen LogP contribution in [0.4, 0.5) is 0 Å². The van der Waals surface area contributed by atoms with Crippen LogP contribution in [0.3, 0.4) is 0 Å². The van der Waals surface area contributed by atoms with Crippen molar-refractivity contribution < 1.29 is 9.53 Å². The van der Waals surface area contributed by atoms with E-state index in [1.54, 1.807) is 25.3 Å². The molecule has 0 bridgehead atoms. The third-order valence-electron chi connectivity index (χ3n) is 2.69. The molecule has 5 heteroatoms. The number of hydrogen-bond donors (Lipinski definition) is 2. The number of ether oxygens (including phenoxy) is 1. The minimum Gasteiger partial charge on any atom is -0.496 e. The van der Waals surface area contributed by atoms with Gasteiger partial charge < -0.3 is 15.8 Å². The SMILES string of the molecule is CCNC(=O)C(CCN)c1cc(Cl)ccc1OC. The Morgan fingerprint density at radius 3 is 2.83 bits per heavy atom. The average Bonchev–Trinajstić information content (AvgIpc) is 2.36. The number of nitrogens with two attached hydrogens (primary N) is 1. The monoisotopic (exact) mass is 270 g/mol. The van der Waals surface area contributed by atoms with Gasteiger partial charge >= 0.3 is 0 Å². The Bertz CT molecular complexity index is 410. The van der Waals surface area contributed by atoms with E-state index >= 15 is 0 Å². The zero-order chi connectivity index (χ0) is 13.5. The first-order chi connectivity index (χ1) is 8.63. The quantitative estimate of drug-likeness (QED) is 0.830. The maximum atomic E-state index is 12.0.